The molecule has 0 unspecified atom stereocenters. The lowest BCUT2D eigenvalue weighted by atomic mass is 10.2. The second kappa shape index (κ2) is 8.01. The van der Waals surface area contributed by atoms with Crippen molar-refractivity contribution in [3.8, 4) is 11.5 Å². The van der Waals surface area contributed by atoms with Gasteiger partial charge in [-0.15, -0.1) is 0 Å². The maximum absolute atomic E-state index is 12.5. The molecule has 0 spiro atoms. The molecule has 0 aromatic heterocycles. The van der Waals surface area contributed by atoms with Crippen LogP contribution in [-0.2, 0) is 10.0 Å². The number of benzene rings is 3. The summed E-state index contributed by atoms with van der Waals surface area (Å²) in [5.74, 6) is 0.0927. The first-order valence-corrected chi connectivity index (χ1v) is 9.73. The van der Waals surface area contributed by atoms with Gasteiger partial charge in [0, 0.05) is 11.3 Å². The van der Waals surface area contributed by atoms with Crippen molar-refractivity contribution in [3.05, 3.63) is 78.4 Å². The molecule has 0 fully saturated rings. The first-order chi connectivity index (χ1) is 13.4. The maximum atomic E-state index is 12.5. The number of ether oxygens (including phenoxy) is 1. The van der Waals surface area contributed by atoms with Gasteiger partial charge in [-0.05, 0) is 60.7 Å². The Bertz CT molecular complexity index is 1080. The number of phenols is 1. The number of carbonyl (C=O) groups is 1. The summed E-state index contributed by atoms with van der Waals surface area (Å²) < 4.78 is 32.5. The largest absolute Gasteiger partial charge is 0.506 e. The third-order valence-corrected chi connectivity index (χ3v) is 5.32. The van der Waals surface area contributed by atoms with E-state index in [-0.39, 0.29) is 21.9 Å². The lowest BCUT2D eigenvalue weighted by molar-refractivity contribution is 0.102. The normalized spacial score (nSPS) is 10.9. The van der Waals surface area contributed by atoms with Gasteiger partial charge in [0.2, 0.25) is 0 Å². The molecule has 8 heteroatoms. The lowest BCUT2D eigenvalue weighted by Gasteiger charge is -2.10. The molecular formula is C20H18N2O5S. The molecule has 0 heterocycles. The number of hydrogen-bond acceptors (Lipinski definition) is 5. The third kappa shape index (κ3) is 4.41. The molecule has 0 aliphatic heterocycles. The SMILES string of the molecule is COc1ccc(NS(=O)(=O)c2ccc(C(=O)Nc3ccccc3O)cc2)cc1. The summed E-state index contributed by atoms with van der Waals surface area (Å²) in [7, 11) is -2.28. The number of anilines is 2. The van der Waals surface area contributed by atoms with E-state index in [0.717, 1.165) is 0 Å². The fourth-order valence-corrected chi connectivity index (χ4v) is 3.49. The smallest absolute Gasteiger partial charge is 0.261 e. The van der Waals surface area contributed by atoms with Gasteiger partial charge in [-0.2, -0.15) is 0 Å². The molecule has 3 aromatic carbocycles. The van der Waals surface area contributed by atoms with Gasteiger partial charge in [0.05, 0.1) is 17.7 Å². The average molecular weight is 398 g/mol. The van der Waals surface area contributed by atoms with Gasteiger partial charge in [0.1, 0.15) is 11.5 Å². The summed E-state index contributed by atoms with van der Waals surface area (Å²) in [6.45, 7) is 0. The zero-order valence-corrected chi connectivity index (χ0v) is 15.7. The summed E-state index contributed by atoms with van der Waals surface area (Å²) in [5.41, 5.74) is 0.916. The minimum absolute atomic E-state index is 0.0161. The second-order valence-electron chi connectivity index (χ2n) is 5.83. The van der Waals surface area contributed by atoms with Gasteiger partial charge >= 0.3 is 0 Å². The molecular weight excluding hydrogens is 380 g/mol. The first-order valence-electron chi connectivity index (χ1n) is 8.25. The third-order valence-electron chi connectivity index (χ3n) is 3.92. The molecule has 3 aromatic rings. The monoisotopic (exact) mass is 398 g/mol. The number of hydrogen-bond donors (Lipinski definition) is 3. The summed E-state index contributed by atoms with van der Waals surface area (Å²) in [4.78, 5) is 12.3. The molecule has 0 radical (unpaired) electrons. The highest BCUT2D eigenvalue weighted by molar-refractivity contribution is 7.92. The number of methoxy groups -OCH3 is 1. The van der Waals surface area contributed by atoms with E-state index in [9.17, 15) is 18.3 Å². The minimum atomic E-state index is -3.80. The van der Waals surface area contributed by atoms with Crippen LogP contribution < -0.4 is 14.8 Å². The van der Waals surface area contributed by atoms with Crippen molar-refractivity contribution in [2.45, 2.75) is 4.90 Å². The molecule has 1 amide bonds. The van der Waals surface area contributed by atoms with E-state index in [0.29, 0.717) is 11.4 Å². The predicted octanol–water partition coefficient (Wildman–Crippen LogP) is 3.45. The summed E-state index contributed by atoms with van der Waals surface area (Å²) in [6, 6.07) is 18.3. The van der Waals surface area contributed by atoms with E-state index in [1.807, 2.05) is 0 Å². The molecule has 0 saturated carbocycles. The second-order valence-corrected chi connectivity index (χ2v) is 7.51. The van der Waals surface area contributed by atoms with Crippen LogP contribution in [0.1, 0.15) is 10.4 Å². The molecule has 0 aliphatic rings. The van der Waals surface area contributed by atoms with E-state index in [4.69, 9.17) is 4.74 Å². The van der Waals surface area contributed by atoms with E-state index in [2.05, 4.69) is 10.0 Å². The van der Waals surface area contributed by atoms with Crippen molar-refractivity contribution >= 4 is 27.3 Å². The van der Waals surface area contributed by atoms with E-state index in [1.165, 1.54) is 37.4 Å². The number of para-hydroxylation sites is 2. The van der Waals surface area contributed by atoms with E-state index < -0.39 is 15.9 Å². The fourth-order valence-electron chi connectivity index (χ4n) is 2.43. The molecule has 7 nitrogen and oxygen atoms in total. The number of phenolic OH excluding ortho intramolecular Hbond substituents is 1. The number of sulfonamides is 1. The van der Waals surface area contributed by atoms with Crippen LogP contribution in [0.2, 0.25) is 0 Å². The van der Waals surface area contributed by atoms with Crippen LogP contribution in [0.3, 0.4) is 0 Å². The summed E-state index contributed by atoms with van der Waals surface area (Å²) in [5, 5.41) is 12.3. The van der Waals surface area contributed by atoms with Crippen LogP contribution in [0.15, 0.2) is 77.7 Å². The van der Waals surface area contributed by atoms with Gasteiger partial charge in [0.25, 0.3) is 15.9 Å². The Morgan fingerprint density at radius 1 is 0.929 bits per heavy atom. The van der Waals surface area contributed by atoms with Crippen molar-refractivity contribution in [2.75, 3.05) is 17.1 Å². The highest BCUT2D eigenvalue weighted by atomic mass is 32.2. The lowest BCUT2D eigenvalue weighted by Crippen LogP contribution is -2.14. The van der Waals surface area contributed by atoms with Crippen molar-refractivity contribution in [1.29, 1.82) is 0 Å². The van der Waals surface area contributed by atoms with Crippen molar-refractivity contribution in [3.63, 3.8) is 0 Å². The minimum Gasteiger partial charge on any atom is -0.506 e. The quantitative estimate of drug-likeness (QED) is 0.552. The number of amides is 1. The molecule has 0 saturated heterocycles. The van der Waals surface area contributed by atoms with Crippen LogP contribution in [0.25, 0.3) is 0 Å². The highest BCUT2D eigenvalue weighted by Gasteiger charge is 2.16. The molecule has 28 heavy (non-hydrogen) atoms. The van der Waals surface area contributed by atoms with Crippen molar-refractivity contribution in [2.24, 2.45) is 0 Å². The van der Waals surface area contributed by atoms with Gasteiger partial charge in [-0.3, -0.25) is 9.52 Å². The van der Waals surface area contributed by atoms with Crippen LogP contribution in [0.4, 0.5) is 11.4 Å². The van der Waals surface area contributed by atoms with E-state index in [1.54, 1.807) is 42.5 Å². The zero-order chi connectivity index (χ0) is 20.1. The molecule has 144 valence electrons. The predicted molar refractivity (Wildman–Crippen MR) is 106 cm³/mol. The summed E-state index contributed by atoms with van der Waals surface area (Å²) >= 11 is 0. The van der Waals surface area contributed by atoms with Crippen molar-refractivity contribution < 1.29 is 23.1 Å². The first kappa shape index (κ1) is 19.2. The number of carbonyl (C=O) groups excluding carboxylic acids is 1. The van der Waals surface area contributed by atoms with Gasteiger partial charge < -0.3 is 15.2 Å². The van der Waals surface area contributed by atoms with Gasteiger partial charge in [0.15, 0.2) is 0 Å². The van der Waals surface area contributed by atoms with Gasteiger partial charge in [-0.1, -0.05) is 12.1 Å². The van der Waals surface area contributed by atoms with Crippen LogP contribution in [0.5, 0.6) is 11.5 Å². The standard InChI is InChI=1S/C20H18N2O5S/c1-27-16-10-8-15(9-11-16)22-28(25,26)17-12-6-14(7-13-17)20(24)21-18-4-2-3-5-19(18)23/h2-13,22-23H,1H3,(H,21,24). The van der Waals surface area contributed by atoms with Crippen LogP contribution in [-0.4, -0.2) is 26.5 Å². The Kier molecular flexibility index (Phi) is 5.51. The van der Waals surface area contributed by atoms with Crippen LogP contribution in [0, 0.1) is 0 Å². The van der Waals surface area contributed by atoms with E-state index >= 15 is 0 Å². The Morgan fingerprint density at radius 2 is 1.57 bits per heavy atom. The number of nitrogens with one attached hydrogen (secondary N) is 2. The average Bonchev–Trinajstić information content (AvgIpc) is 2.70. The Hall–Kier alpha value is -3.52. The summed E-state index contributed by atoms with van der Waals surface area (Å²) in [6.07, 6.45) is 0. The number of aromatic hydroxyl groups is 1. The highest BCUT2D eigenvalue weighted by Crippen LogP contribution is 2.23. The fraction of sp³-hybridized carbons (Fsp3) is 0.0500. The molecule has 0 bridgehead atoms. The molecule has 0 atom stereocenters. The zero-order valence-electron chi connectivity index (χ0n) is 14.9. The topological polar surface area (TPSA) is 105 Å². The molecule has 3 rings (SSSR count). The van der Waals surface area contributed by atoms with Gasteiger partial charge in [-0.25, -0.2) is 8.42 Å². The molecule has 3 N–H and O–H groups in total. The van der Waals surface area contributed by atoms with Crippen molar-refractivity contribution in [1.82, 2.24) is 0 Å². The Balaban J connectivity index is 1.73. The molecule has 0 aliphatic carbocycles. The Labute approximate surface area is 162 Å². The number of rotatable bonds is 6. The van der Waals surface area contributed by atoms with Crippen LogP contribution >= 0.6 is 0 Å². The maximum Gasteiger partial charge on any atom is 0.261 e. The Morgan fingerprint density at radius 3 is 2.18 bits per heavy atom.